The van der Waals surface area contributed by atoms with Crippen LogP contribution in [0.3, 0.4) is 0 Å². The summed E-state index contributed by atoms with van der Waals surface area (Å²) < 4.78 is 23.2. The molecule has 9 atom stereocenters. The Labute approximate surface area is 319 Å². The van der Waals surface area contributed by atoms with Gasteiger partial charge in [-0.1, -0.05) is 45.9 Å². The minimum absolute atomic E-state index is 0. The largest absolute Gasteiger partial charge is 0.507 e. The van der Waals surface area contributed by atoms with Crippen molar-refractivity contribution >= 4 is 63.7 Å². The van der Waals surface area contributed by atoms with Crippen LogP contribution in [0.1, 0.15) is 64.4 Å². The number of aliphatic hydroxyl groups is 2. The van der Waals surface area contributed by atoms with Crippen LogP contribution in [0.5, 0.6) is 23.0 Å². The van der Waals surface area contributed by atoms with E-state index in [1.165, 1.54) is 53.2 Å². The first-order valence-corrected chi connectivity index (χ1v) is 16.4. The van der Waals surface area contributed by atoms with Crippen molar-refractivity contribution in [3.8, 4) is 23.0 Å². The van der Waals surface area contributed by atoms with Crippen molar-refractivity contribution in [2.45, 2.75) is 85.6 Å². The number of allylic oxidation sites excluding steroid dienone is 2. The number of ketones is 1. The van der Waals surface area contributed by atoms with E-state index in [9.17, 15) is 39.9 Å². The first-order valence-electron chi connectivity index (χ1n) is 16.4. The molecule has 3 heterocycles. The minimum Gasteiger partial charge on any atom is -0.507 e. The van der Waals surface area contributed by atoms with Crippen LogP contribution in [0.25, 0.3) is 10.8 Å². The molecule has 5 bridgehead atoms. The van der Waals surface area contributed by atoms with E-state index in [0.717, 1.165) is 6.07 Å². The molecule has 2 aromatic rings. The molecule has 0 spiro atoms. The van der Waals surface area contributed by atoms with E-state index in [1.54, 1.807) is 39.8 Å². The van der Waals surface area contributed by atoms with Gasteiger partial charge in [0.15, 0.2) is 5.75 Å². The van der Waals surface area contributed by atoms with Crippen LogP contribution in [0.15, 0.2) is 42.2 Å². The number of aromatic hydroxyl groups is 3. The van der Waals surface area contributed by atoms with Gasteiger partial charge >= 0.3 is 11.8 Å². The van der Waals surface area contributed by atoms with Gasteiger partial charge < -0.3 is 49.8 Å². The first kappa shape index (κ1) is 41.8. The normalized spacial score (nSPS) is 30.9. The molecule has 2 aromatic carbocycles. The van der Waals surface area contributed by atoms with E-state index in [4.69, 9.17) is 18.9 Å². The number of ether oxygens (including phenoxy) is 4. The summed E-state index contributed by atoms with van der Waals surface area (Å²) in [6.45, 7) is 12.5. The number of carbonyl (C=O) groups is 3. The van der Waals surface area contributed by atoms with Crippen LogP contribution in [-0.4, -0.2) is 110 Å². The van der Waals surface area contributed by atoms with Gasteiger partial charge in [-0.25, -0.2) is 0 Å². The second-order valence-electron chi connectivity index (χ2n) is 13.4. The van der Waals surface area contributed by atoms with Crippen molar-refractivity contribution < 1.29 is 58.9 Å². The summed E-state index contributed by atoms with van der Waals surface area (Å²) in [7, 11) is 1.43. The second kappa shape index (κ2) is 16.4. The van der Waals surface area contributed by atoms with Gasteiger partial charge in [0.05, 0.1) is 41.2 Å². The van der Waals surface area contributed by atoms with E-state index in [1.807, 2.05) is 0 Å². The molecule has 1 amide bonds. The van der Waals surface area contributed by atoms with Gasteiger partial charge in [-0.15, -0.1) is 0 Å². The quantitative estimate of drug-likeness (QED) is 0.111. The van der Waals surface area contributed by atoms with Gasteiger partial charge in [0.2, 0.25) is 0 Å². The van der Waals surface area contributed by atoms with Gasteiger partial charge in [-0.05, 0) is 19.9 Å². The number of hydrogen-bond acceptors (Lipinski definition) is 12. The van der Waals surface area contributed by atoms with Gasteiger partial charge in [0.25, 0.3) is 11.7 Å². The number of anilines is 1. The van der Waals surface area contributed by atoms with E-state index < -0.39 is 88.8 Å². The smallest absolute Gasteiger partial charge is 0.312 e. The maximum Gasteiger partial charge on any atom is 0.312 e. The number of methoxy groups -OCH3 is 1. The van der Waals surface area contributed by atoms with Gasteiger partial charge in [0.1, 0.15) is 23.4 Å². The molecule has 1 radical (unpaired) electrons. The number of phenols is 3. The molecule has 0 aromatic heterocycles. The fourth-order valence-electron chi connectivity index (χ4n) is 6.65. The number of aliphatic hydroxyl groups excluding tert-OH is 2. The Morgan fingerprint density at radius 1 is 0.941 bits per heavy atom. The Hall–Kier alpha value is -3.59. The molecule has 0 fully saturated rings. The number of phenolic OH excluding ortho intramolecular Hbond substituents is 3. The van der Waals surface area contributed by atoms with Crippen LogP contribution in [0.2, 0.25) is 0 Å². The third-order valence-electron chi connectivity index (χ3n) is 9.84. The molecule has 5 rings (SSSR count). The average molecular weight is 721 g/mol. The van der Waals surface area contributed by atoms with Crippen LogP contribution in [-0.2, 0) is 23.8 Å². The molecule has 3 aliphatic rings. The molecule has 0 saturated carbocycles. The molecule has 51 heavy (non-hydrogen) atoms. The zero-order valence-electron chi connectivity index (χ0n) is 30.7. The molecule has 0 saturated heterocycles. The molecule has 3 aliphatic heterocycles. The predicted molar refractivity (Wildman–Crippen MR) is 190 cm³/mol. The van der Waals surface area contributed by atoms with Crippen LogP contribution in [0, 0.1) is 30.6 Å². The number of carbonyl (C=O) groups excluding carboxylic acids is 3. The van der Waals surface area contributed by atoms with Crippen LogP contribution < -0.4 is 10.1 Å². The molecular weight excluding hydrogens is 673 g/mol. The van der Waals surface area contributed by atoms with Crippen LogP contribution in [0.4, 0.5) is 5.69 Å². The summed E-state index contributed by atoms with van der Waals surface area (Å²) in [5, 5.41) is 58.2. The predicted octanol–water partition coefficient (Wildman–Crippen LogP) is 4.37. The topological polar surface area (TPSA) is 201 Å². The first-order chi connectivity index (χ1) is 23.4. The maximum atomic E-state index is 13.9. The number of amides is 1. The molecule has 6 N–H and O–H groups in total. The zero-order chi connectivity index (χ0) is 37.4. The molecular formula is C37H47NNaO12. The summed E-state index contributed by atoms with van der Waals surface area (Å²) in [5.41, 5.74) is -0.0929. The minimum atomic E-state index is -1.98. The molecule has 0 unspecified atom stereocenters. The average Bonchev–Trinajstić information content (AvgIpc) is 3.33. The third kappa shape index (κ3) is 8.08. The fourth-order valence-corrected chi connectivity index (χ4v) is 6.65. The summed E-state index contributed by atoms with van der Waals surface area (Å²) in [4.78, 5) is 39.2. The summed E-state index contributed by atoms with van der Waals surface area (Å²) in [6.07, 6.45) is 3.62. The van der Waals surface area contributed by atoms with Crippen molar-refractivity contribution in [3.05, 3.63) is 53.3 Å². The Morgan fingerprint density at radius 3 is 2.20 bits per heavy atom. The van der Waals surface area contributed by atoms with E-state index >= 15 is 0 Å². The maximum absolute atomic E-state index is 13.9. The van der Waals surface area contributed by atoms with Crippen molar-refractivity contribution in [3.63, 3.8) is 0 Å². The number of hydrogen-bond donors (Lipinski definition) is 6. The Morgan fingerprint density at radius 2 is 1.59 bits per heavy atom. The van der Waals surface area contributed by atoms with Crippen molar-refractivity contribution in [2.24, 2.45) is 23.7 Å². The number of Topliss-reactive ketones (excluding diaryl/α,β-unsaturated/α-hetero) is 1. The number of fused-ring (bicyclic) bond motifs is 14. The van der Waals surface area contributed by atoms with E-state index in [0.29, 0.717) is 0 Å². The number of rotatable bonds is 2. The van der Waals surface area contributed by atoms with Crippen molar-refractivity contribution in [2.75, 3.05) is 12.4 Å². The van der Waals surface area contributed by atoms with E-state index in [2.05, 4.69) is 5.32 Å². The number of esters is 1. The molecule has 13 nitrogen and oxygen atoms in total. The molecule has 14 heteroatoms. The Bertz CT molecular complexity index is 1770. The standard InChI is InChI=1S/C37H47NO12.Na/c1-16-11-10-12-17(2)36(46)38-23-15-24(40)26-27(32(23)44)31(43)21(6)34-28(26)35(45)37(8,50-34)48-14-13-25(47-9)18(3)33(49-22(7)39)20(5)30(42)19(4)29(16)41;/h10-16,18-20,25,29-30,33,40-44H,1-9H3,(H,38,46);/b11-10?,14-13+,17-12?;/t16-,18+,19+,20+,25-,29-,30+,33+,37-;/m0./s1. The van der Waals surface area contributed by atoms with Gasteiger partial charge in [-0.3, -0.25) is 14.4 Å². The Balaban J connectivity index is 0.00000702. The van der Waals surface area contributed by atoms with E-state index in [-0.39, 0.29) is 68.5 Å². The number of nitrogens with one attached hydrogen (secondary N) is 1. The van der Waals surface area contributed by atoms with Crippen molar-refractivity contribution in [1.82, 2.24) is 0 Å². The zero-order valence-corrected chi connectivity index (χ0v) is 32.7. The third-order valence-corrected chi connectivity index (χ3v) is 9.84. The Kier molecular flexibility index (Phi) is 13.4. The summed E-state index contributed by atoms with van der Waals surface area (Å²) in [6, 6.07) is 1.06. The van der Waals surface area contributed by atoms with Gasteiger partial charge in [-0.2, -0.15) is 0 Å². The molecule has 273 valence electrons. The monoisotopic (exact) mass is 720 g/mol. The fraction of sp³-hybridized carbons (Fsp3) is 0.486. The second-order valence-corrected chi connectivity index (χ2v) is 13.4. The van der Waals surface area contributed by atoms with Crippen LogP contribution >= 0.6 is 0 Å². The SMILES string of the molecule is CO[C@H]1/C=C/O[C@@]2(C)Oc3c(C)c(O)c4c(O)c(cc(O)c4c3C2=O)NC(=O)C(C)=CC=C[C@H](C)[C@H](O)[C@@H](C)[C@@H](O)[C@@H](C)[C@H](OC(C)=O)[C@@H]1C.[Na]. The molecule has 0 aliphatic carbocycles. The van der Waals surface area contributed by atoms with Crippen molar-refractivity contribution in [1.29, 1.82) is 0 Å². The summed E-state index contributed by atoms with van der Waals surface area (Å²) in [5.74, 6) is -7.99. The summed E-state index contributed by atoms with van der Waals surface area (Å²) >= 11 is 0. The van der Waals surface area contributed by atoms with Gasteiger partial charge in [0, 0.05) is 96.8 Å². The number of benzene rings is 2.